The van der Waals surface area contributed by atoms with Crippen LogP contribution in [0.5, 0.6) is 0 Å². The summed E-state index contributed by atoms with van der Waals surface area (Å²) in [6.07, 6.45) is 4.83. The van der Waals surface area contributed by atoms with Gasteiger partial charge in [0.1, 0.15) is 0 Å². The number of hydrogen-bond acceptors (Lipinski definition) is 2. The molecule has 2 heteroatoms. The van der Waals surface area contributed by atoms with Gasteiger partial charge < -0.3 is 5.11 Å². The number of hydrogen-bond donors (Lipinski definition) is 1. The molecule has 1 atom stereocenters. The van der Waals surface area contributed by atoms with Gasteiger partial charge in [0.2, 0.25) is 0 Å². The summed E-state index contributed by atoms with van der Waals surface area (Å²) in [4.78, 5) is 3.90. The highest BCUT2D eigenvalue weighted by molar-refractivity contribution is 5.10. The zero-order chi connectivity index (χ0) is 8.10. The quantitative estimate of drug-likeness (QED) is 0.708. The molecule has 0 aliphatic rings. The lowest BCUT2D eigenvalue weighted by atomic mass is 10.1. The van der Waals surface area contributed by atoms with Crippen molar-refractivity contribution in [3.05, 3.63) is 30.1 Å². The third kappa shape index (κ3) is 2.68. The Bertz CT molecular complexity index is 198. The van der Waals surface area contributed by atoms with Crippen LogP contribution in [0.1, 0.15) is 18.9 Å². The SMILES string of the molecule is CC[C@@H](O)Cc1ccncc1. The summed E-state index contributed by atoms with van der Waals surface area (Å²) in [6, 6.07) is 3.86. The van der Waals surface area contributed by atoms with Gasteiger partial charge in [-0.15, -0.1) is 0 Å². The van der Waals surface area contributed by atoms with E-state index < -0.39 is 0 Å². The highest BCUT2D eigenvalue weighted by Gasteiger charge is 2.00. The van der Waals surface area contributed by atoms with Crippen molar-refractivity contribution in [1.82, 2.24) is 4.98 Å². The van der Waals surface area contributed by atoms with Gasteiger partial charge in [-0.05, 0) is 30.5 Å². The predicted molar refractivity (Wildman–Crippen MR) is 44.2 cm³/mol. The van der Waals surface area contributed by atoms with E-state index >= 15 is 0 Å². The molecule has 1 aromatic rings. The molecule has 0 aliphatic heterocycles. The van der Waals surface area contributed by atoms with Gasteiger partial charge in [0.05, 0.1) is 6.10 Å². The molecule has 0 bridgehead atoms. The van der Waals surface area contributed by atoms with E-state index in [1.54, 1.807) is 12.4 Å². The maximum atomic E-state index is 9.29. The molecule has 0 aromatic carbocycles. The number of aliphatic hydroxyl groups is 1. The molecule has 60 valence electrons. The van der Waals surface area contributed by atoms with Crippen molar-refractivity contribution in [1.29, 1.82) is 0 Å². The van der Waals surface area contributed by atoms with Gasteiger partial charge in [-0.25, -0.2) is 0 Å². The van der Waals surface area contributed by atoms with Gasteiger partial charge in [-0.2, -0.15) is 0 Å². The minimum Gasteiger partial charge on any atom is -0.393 e. The number of aromatic nitrogens is 1. The van der Waals surface area contributed by atoms with Crippen LogP contribution in [0.2, 0.25) is 0 Å². The molecule has 0 aliphatic carbocycles. The third-order valence-electron chi connectivity index (χ3n) is 1.69. The molecule has 0 amide bonds. The minimum atomic E-state index is -0.211. The highest BCUT2D eigenvalue weighted by Crippen LogP contribution is 2.03. The summed E-state index contributed by atoms with van der Waals surface area (Å²) in [5.41, 5.74) is 1.15. The van der Waals surface area contributed by atoms with E-state index in [0.717, 1.165) is 18.4 Å². The lowest BCUT2D eigenvalue weighted by Gasteiger charge is -2.05. The van der Waals surface area contributed by atoms with Gasteiger partial charge in [0.25, 0.3) is 0 Å². The van der Waals surface area contributed by atoms with Crippen LogP contribution in [0.15, 0.2) is 24.5 Å². The van der Waals surface area contributed by atoms with Crippen LogP contribution in [-0.2, 0) is 6.42 Å². The molecule has 1 heterocycles. The first-order valence-electron chi connectivity index (χ1n) is 3.90. The number of rotatable bonds is 3. The number of pyridine rings is 1. The van der Waals surface area contributed by atoms with Gasteiger partial charge >= 0.3 is 0 Å². The van der Waals surface area contributed by atoms with Crippen LogP contribution in [0.25, 0.3) is 0 Å². The van der Waals surface area contributed by atoms with Crippen molar-refractivity contribution in [3.8, 4) is 0 Å². The molecule has 1 N–H and O–H groups in total. The maximum Gasteiger partial charge on any atom is 0.0578 e. The molecule has 11 heavy (non-hydrogen) atoms. The molecule has 0 saturated heterocycles. The fourth-order valence-corrected chi connectivity index (χ4v) is 0.935. The molecule has 2 nitrogen and oxygen atoms in total. The second-order valence-corrected chi connectivity index (χ2v) is 2.62. The minimum absolute atomic E-state index is 0.211. The molecule has 1 rings (SSSR count). The van der Waals surface area contributed by atoms with E-state index in [1.165, 1.54) is 0 Å². The second kappa shape index (κ2) is 4.09. The molecule has 0 fully saturated rings. The van der Waals surface area contributed by atoms with Gasteiger partial charge in [-0.1, -0.05) is 6.92 Å². The fourth-order valence-electron chi connectivity index (χ4n) is 0.935. The zero-order valence-corrected chi connectivity index (χ0v) is 6.70. The van der Waals surface area contributed by atoms with Crippen molar-refractivity contribution in [3.63, 3.8) is 0 Å². The van der Waals surface area contributed by atoms with Gasteiger partial charge in [-0.3, -0.25) is 4.98 Å². The smallest absolute Gasteiger partial charge is 0.0578 e. The van der Waals surface area contributed by atoms with Crippen molar-refractivity contribution < 1.29 is 5.11 Å². The molecule has 0 radical (unpaired) electrons. The van der Waals surface area contributed by atoms with Crippen molar-refractivity contribution in [2.45, 2.75) is 25.9 Å². The first kappa shape index (κ1) is 8.21. The molecular weight excluding hydrogens is 138 g/mol. The zero-order valence-electron chi connectivity index (χ0n) is 6.70. The molecule has 1 aromatic heterocycles. The Morgan fingerprint density at radius 1 is 1.45 bits per heavy atom. The normalized spacial score (nSPS) is 12.9. The van der Waals surface area contributed by atoms with Crippen molar-refractivity contribution in [2.24, 2.45) is 0 Å². The number of aliphatic hydroxyl groups excluding tert-OH is 1. The van der Waals surface area contributed by atoms with E-state index in [-0.39, 0.29) is 6.10 Å². The van der Waals surface area contributed by atoms with Crippen LogP contribution in [0.3, 0.4) is 0 Å². The van der Waals surface area contributed by atoms with E-state index in [4.69, 9.17) is 0 Å². The van der Waals surface area contributed by atoms with Crippen molar-refractivity contribution in [2.75, 3.05) is 0 Å². The third-order valence-corrected chi connectivity index (χ3v) is 1.69. The molecular formula is C9H13NO. The lowest BCUT2D eigenvalue weighted by molar-refractivity contribution is 0.171. The Kier molecular flexibility index (Phi) is 3.05. The topological polar surface area (TPSA) is 33.1 Å². The van der Waals surface area contributed by atoms with E-state index in [2.05, 4.69) is 4.98 Å². The Labute approximate surface area is 66.9 Å². The first-order valence-corrected chi connectivity index (χ1v) is 3.90. The second-order valence-electron chi connectivity index (χ2n) is 2.62. The molecule has 0 spiro atoms. The van der Waals surface area contributed by atoms with Crippen LogP contribution < -0.4 is 0 Å². The van der Waals surface area contributed by atoms with E-state index in [0.29, 0.717) is 0 Å². The van der Waals surface area contributed by atoms with Gasteiger partial charge in [0, 0.05) is 12.4 Å². The number of nitrogens with zero attached hydrogens (tertiary/aromatic N) is 1. The van der Waals surface area contributed by atoms with Crippen LogP contribution in [-0.4, -0.2) is 16.2 Å². The standard InChI is InChI=1S/C9H13NO/c1-2-9(11)7-8-3-5-10-6-4-8/h3-6,9,11H,2,7H2,1H3/t9-/m1/s1. The summed E-state index contributed by atoms with van der Waals surface area (Å²) in [7, 11) is 0. The highest BCUT2D eigenvalue weighted by atomic mass is 16.3. The summed E-state index contributed by atoms with van der Waals surface area (Å²) < 4.78 is 0. The molecule has 0 unspecified atom stereocenters. The monoisotopic (exact) mass is 151 g/mol. The fraction of sp³-hybridized carbons (Fsp3) is 0.444. The van der Waals surface area contributed by atoms with Crippen LogP contribution in [0.4, 0.5) is 0 Å². The van der Waals surface area contributed by atoms with E-state index in [9.17, 15) is 5.11 Å². The molecule has 0 saturated carbocycles. The summed E-state index contributed by atoms with van der Waals surface area (Å²) in [6.45, 7) is 1.98. The summed E-state index contributed by atoms with van der Waals surface area (Å²) in [5.74, 6) is 0. The first-order chi connectivity index (χ1) is 5.33. The van der Waals surface area contributed by atoms with Crippen molar-refractivity contribution >= 4 is 0 Å². The lowest BCUT2D eigenvalue weighted by Crippen LogP contribution is -2.07. The Hall–Kier alpha value is -0.890. The summed E-state index contributed by atoms with van der Waals surface area (Å²) in [5, 5.41) is 9.29. The Balaban J connectivity index is 2.51. The Morgan fingerprint density at radius 3 is 2.64 bits per heavy atom. The predicted octanol–water partition coefficient (Wildman–Crippen LogP) is 1.40. The van der Waals surface area contributed by atoms with Gasteiger partial charge in [0.15, 0.2) is 0 Å². The van der Waals surface area contributed by atoms with Crippen LogP contribution in [0, 0.1) is 0 Å². The average molecular weight is 151 g/mol. The largest absolute Gasteiger partial charge is 0.393 e. The average Bonchev–Trinajstić information content (AvgIpc) is 2.06. The van der Waals surface area contributed by atoms with E-state index in [1.807, 2.05) is 19.1 Å². The maximum absolute atomic E-state index is 9.29. The Morgan fingerprint density at radius 2 is 2.09 bits per heavy atom. The summed E-state index contributed by atoms with van der Waals surface area (Å²) >= 11 is 0. The van der Waals surface area contributed by atoms with Crippen LogP contribution >= 0.6 is 0 Å².